The molecule has 1 aliphatic heterocycles. The quantitative estimate of drug-likeness (QED) is 0.564. The maximum Gasteiger partial charge on any atom is 0.416 e. The lowest BCUT2D eigenvalue weighted by Gasteiger charge is -2.30. The zero-order valence-corrected chi connectivity index (χ0v) is 14.6. The molecule has 0 spiro atoms. The van der Waals surface area contributed by atoms with E-state index < -0.39 is 30.1 Å². The van der Waals surface area contributed by atoms with Gasteiger partial charge in [0.15, 0.2) is 5.65 Å². The fraction of sp³-hybridized carbons (Fsp3) is 0.375. The number of nitrogens with two attached hydrogens (primary N) is 1. The molecule has 3 aromatic heterocycles. The van der Waals surface area contributed by atoms with Crippen LogP contribution < -0.4 is 15.8 Å². The number of alkyl halides is 5. The average molecular weight is 415 g/mol. The summed E-state index contributed by atoms with van der Waals surface area (Å²) in [6, 6.07) is 1.49. The molecule has 1 fully saturated rings. The summed E-state index contributed by atoms with van der Waals surface area (Å²) >= 11 is 0. The largest absolute Gasteiger partial charge is 0.418 e. The first-order valence-corrected chi connectivity index (χ1v) is 8.46. The lowest BCUT2D eigenvalue weighted by Crippen LogP contribution is -2.45. The lowest BCUT2D eigenvalue weighted by molar-refractivity contribution is -0.137. The van der Waals surface area contributed by atoms with E-state index in [9.17, 15) is 22.0 Å². The number of nitrogen functional groups attached to an aromatic ring is 1. The Bertz CT molecular complexity index is 1050. The summed E-state index contributed by atoms with van der Waals surface area (Å²) < 4.78 is 72.2. The van der Waals surface area contributed by atoms with Crippen LogP contribution >= 0.6 is 0 Å². The predicted octanol–water partition coefficient (Wildman–Crippen LogP) is 2.85. The van der Waals surface area contributed by atoms with Crippen LogP contribution in [0.1, 0.15) is 23.7 Å². The Labute approximate surface area is 159 Å². The Balaban J connectivity index is 1.68. The minimum absolute atomic E-state index is 0.0313. The summed E-state index contributed by atoms with van der Waals surface area (Å²) in [6.45, 7) is -0.127. The van der Waals surface area contributed by atoms with Gasteiger partial charge in [-0.05, 0) is 19.0 Å². The van der Waals surface area contributed by atoms with Crippen LogP contribution in [-0.4, -0.2) is 44.2 Å². The SMILES string of the molecule is Nc1nc(C2CCNCC2(F)F)nc2[nH]nc(Oc3cc(C(F)(F)F)ccn3)c12. The molecule has 0 amide bonds. The number of anilines is 1. The monoisotopic (exact) mass is 415 g/mol. The summed E-state index contributed by atoms with van der Waals surface area (Å²) in [5.41, 5.74) is 4.97. The van der Waals surface area contributed by atoms with E-state index in [0.717, 1.165) is 12.3 Å². The van der Waals surface area contributed by atoms with Crippen LogP contribution in [0.25, 0.3) is 11.0 Å². The molecule has 0 radical (unpaired) electrons. The number of nitrogens with zero attached hydrogens (tertiary/aromatic N) is 4. The third-order valence-corrected chi connectivity index (χ3v) is 4.49. The van der Waals surface area contributed by atoms with Gasteiger partial charge in [0.05, 0.1) is 18.0 Å². The molecule has 1 saturated heterocycles. The van der Waals surface area contributed by atoms with Crippen molar-refractivity contribution >= 4 is 16.9 Å². The van der Waals surface area contributed by atoms with Gasteiger partial charge in [0.2, 0.25) is 5.88 Å². The highest BCUT2D eigenvalue weighted by atomic mass is 19.4. The molecule has 1 unspecified atom stereocenters. The van der Waals surface area contributed by atoms with Crippen LogP contribution in [0.15, 0.2) is 18.3 Å². The Morgan fingerprint density at radius 3 is 2.76 bits per heavy atom. The summed E-state index contributed by atoms with van der Waals surface area (Å²) in [5, 5.41) is 8.97. The van der Waals surface area contributed by atoms with E-state index in [4.69, 9.17) is 10.5 Å². The number of rotatable bonds is 3. The zero-order chi connectivity index (χ0) is 20.8. The average Bonchev–Trinajstić information content (AvgIpc) is 3.04. The van der Waals surface area contributed by atoms with Crippen LogP contribution in [0.2, 0.25) is 0 Å². The van der Waals surface area contributed by atoms with Crippen molar-refractivity contribution in [1.82, 2.24) is 30.5 Å². The fourth-order valence-electron chi connectivity index (χ4n) is 3.07. The van der Waals surface area contributed by atoms with Crippen molar-refractivity contribution in [2.75, 3.05) is 18.8 Å². The van der Waals surface area contributed by atoms with Crippen molar-refractivity contribution in [3.63, 3.8) is 0 Å². The van der Waals surface area contributed by atoms with E-state index >= 15 is 0 Å². The number of hydrogen-bond acceptors (Lipinski definition) is 7. The van der Waals surface area contributed by atoms with Gasteiger partial charge in [-0.25, -0.2) is 23.7 Å². The number of aromatic amines is 1. The Morgan fingerprint density at radius 2 is 2.03 bits per heavy atom. The van der Waals surface area contributed by atoms with Gasteiger partial charge in [0.25, 0.3) is 11.8 Å². The highest BCUT2D eigenvalue weighted by Crippen LogP contribution is 2.38. The van der Waals surface area contributed by atoms with Crippen molar-refractivity contribution in [1.29, 1.82) is 0 Å². The molecule has 4 heterocycles. The van der Waals surface area contributed by atoms with Crippen LogP contribution in [0.3, 0.4) is 0 Å². The number of halogens is 5. The molecule has 29 heavy (non-hydrogen) atoms. The molecule has 1 atom stereocenters. The number of fused-ring (bicyclic) bond motifs is 1. The number of pyridine rings is 1. The van der Waals surface area contributed by atoms with Gasteiger partial charge in [-0.15, -0.1) is 5.10 Å². The minimum Gasteiger partial charge on any atom is -0.418 e. The molecule has 0 bridgehead atoms. The molecule has 8 nitrogen and oxygen atoms in total. The van der Waals surface area contributed by atoms with Crippen molar-refractivity contribution in [3.8, 4) is 11.8 Å². The first kappa shape index (κ1) is 19.2. The number of H-pyrrole nitrogens is 1. The second kappa shape index (κ2) is 6.76. The van der Waals surface area contributed by atoms with E-state index in [-0.39, 0.29) is 40.9 Å². The molecule has 13 heteroatoms. The van der Waals surface area contributed by atoms with Gasteiger partial charge in [-0.2, -0.15) is 13.2 Å². The Kier molecular flexibility index (Phi) is 4.48. The minimum atomic E-state index is -4.58. The van der Waals surface area contributed by atoms with Crippen LogP contribution in [0, 0.1) is 0 Å². The maximum absolute atomic E-state index is 14.2. The van der Waals surface area contributed by atoms with E-state index in [2.05, 4.69) is 30.5 Å². The Morgan fingerprint density at radius 1 is 1.24 bits per heavy atom. The summed E-state index contributed by atoms with van der Waals surface area (Å²) in [6.07, 6.45) is -3.53. The van der Waals surface area contributed by atoms with Crippen LogP contribution in [-0.2, 0) is 6.18 Å². The molecular formula is C16H14F5N7O. The van der Waals surface area contributed by atoms with Gasteiger partial charge < -0.3 is 15.8 Å². The van der Waals surface area contributed by atoms with Crippen molar-refractivity contribution in [2.24, 2.45) is 0 Å². The summed E-state index contributed by atoms with van der Waals surface area (Å²) in [7, 11) is 0. The van der Waals surface area contributed by atoms with E-state index in [0.29, 0.717) is 12.6 Å². The zero-order valence-electron chi connectivity index (χ0n) is 14.6. The summed E-state index contributed by atoms with van der Waals surface area (Å²) in [5.74, 6) is -5.20. The smallest absolute Gasteiger partial charge is 0.416 e. The fourth-order valence-corrected chi connectivity index (χ4v) is 3.07. The third-order valence-electron chi connectivity index (χ3n) is 4.49. The van der Waals surface area contributed by atoms with Gasteiger partial charge in [-0.1, -0.05) is 0 Å². The molecule has 4 N–H and O–H groups in total. The second-order valence-electron chi connectivity index (χ2n) is 6.48. The molecule has 0 aliphatic carbocycles. The van der Waals surface area contributed by atoms with Crippen molar-refractivity contribution < 1.29 is 26.7 Å². The van der Waals surface area contributed by atoms with Crippen molar-refractivity contribution in [2.45, 2.75) is 24.4 Å². The molecule has 3 aromatic rings. The first-order valence-electron chi connectivity index (χ1n) is 8.46. The third kappa shape index (κ3) is 3.64. The van der Waals surface area contributed by atoms with Gasteiger partial charge >= 0.3 is 6.18 Å². The number of nitrogens with one attached hydrogen (secondary N) is 2. The molecule has 1 aliphatic rings. The standard InChI is InChI=1S/C16H14F5N7O/c17-15(18)6-23-3-2-8(15)12-25-11(22)10-13(26-12)27-28-14(10)29-9-5-7(1-4-24-9)16(19,20)21/h1,4-5,8,23H,2-3,6H2,(H3,22,25,26,27,28). The van der Waals surface area contributed by atoms with Gasteiger partial charge in [0, 0.05) is 12.3 Å². The molecule has 154 valence electrons. The van der Waals surface area contributed by atoms with E-state index in [1.54, 1.807) is 0 Å². The number of aromatic nitrogens is 5. The van der Waals surface area contributed by atoms with E-state index in [1.165, 1.54) is 0 Å². The second-order valence-corrected chi connectivity index (χ2v) is 6.48. The number of ether oxygens (including phenoxy) is 1. The number of hydrogen-bond donors (Lipinski definition) is 3. The first-order chi connectivity index (χ1) is 13.6. The molecule has 0 saturated carbocycles. The predicted molar refractivity (Wildman–Crippen MR) is 90.6 cm³/mol. The number of piperidine rings is 1. The lowest BCUT2D eigenvalue weighted by atomic mass is 9.93. The normalized spacial score (nSPS) is 19.4. The highest BCUT2D eigenvalue weighted by molar-refractivity contribution is 5.90. The Hall–Kier alpha value is -3.09. The van der Waals surface area contributed by atoms with Crippen LogP contribution in [0.4, 0.5) is 27.8 Å². The van der Waals surface area contributed by atoms with Crippen LogP contribution in [0.5, 0.6) is 11.8 Å². The topological polar surface area (TPSA) is 115 Å². The highest BCUT2D eigenvalue weighted by Gasteiger charge is 2.44. The molecule has 4 rings (SSSR count). The van der Waals surface area contributed by atoms with Gasteiger partial charge in [0.1, 0.15) is 17.0 Å². The van der Waals surface area contributed by atoms with E-state index in [1.807, 2.05) is 0 Å². The maximum atomic E-state index is 14.2. The van der Waals surface area contributed by atoms with Gasteiger partial charge in [-0.3, -0.25) is 5.10 Å². The summed E-state index contributed by atoms with van der Waals surface area (Å²) in [4.78, 5) is 11.8. The van der Waals surface area contributed by atoms with Crippen molar-refractivity contribution in [3.05, 3.63) is 29.7 Å². The molecule has 0 aromatic carbocycles. The molecular weight excluding hydrogens is 401 g/mol.